The fraction of sp³-hybridized carbons (Fsp3) is 0.111. The van der Waals surface area contributed by atoms with Crippen LogP contribution in [0.2, 0.25) is 5.15 Å². The molecule has 0 aliphatic rings. The molecule has 0 unspecified atom stereocenters. The first-order valence-electron chi connectivity index (χ1n) is 4.13. The van der Waals surface area contributed by atoms with Crippen molar-refractivity contribution in [2.45, 2.75) is 6.43 Å². The molecule has 0 bridgehead atoms. The van der Waals surface area contributed by atoms with Gasteiger partial charge in [-0.15, -0.1) is 0 Å². The summed E-state index contributed by atoms with van der Waals surface area (Å²) in [5, 5.41) is 3.92. The monoisotopic (exact) mass is 229 g/mol. The van der Waals surface area contributed by atoms with E-state index in [-0.39, 0.29) is 10.8 Å². The minimum absolute atomic E-state index is 0.142. The summed E-state index contributed by atoms with van der Waals surface area (Å²) < 4.78 is 26.2. The number of hydrogen-bond donors (Lipinski definition) is 0. The van der Waals surface area contributed by atoms with Crippen LogP contribution in [0, 0.1) is 0 Å². The van der Waals surface area contributed by atoms with Gasteiger partial charge in [-0.05, 0) is 18.2 Å². The van der Waals surface area contributed by atoms with Gasteiger partial charge in [-0.3, -0.25) is 0 Å². The summed E-state index contributed by atoms with van der Waals surface area (Å²) in [6, 6.07) is 4.43. The van der Waals surface area contributed by atoms with Crippen LogP contribution in [-0.4, -0.2) is 14.8 Å². The van der Waals surface area contributed by atoms with Gasteiger partial charge in [0.2, 0.25) is 0 Å². The molecule has 0 aromatic carbocycles. The van der Waals surface area contributed by atoms with Crippen LogP contribution in [0.4, 0.5) is 8.78 Å². The van der Waals surface area contributed by atoms with Crippen molar-refractivity contribution in [2.75, 3.05) is 0 Å². The highest BCUT2D eigenvalue weighted by atomic mass is 35.5. The molecule has 2 heterocycles. The van der Waals surface area contributed by atoms with E-state index >= 15 is 0 Å². The zero-order valence-corrected chi connectivity index (χ0v) is 8.20. The second-order valence-electron chi connectivity index (χ2n) is 2.78. The summed E-state index contributed by atoms with van der Waals surface area (Å²) >= 11 is 5.78. The molecule has 2 aromatic rings. The van der Waals surface area contributed by atoms with Gasteiger partial charge in [-0.2, -0.15) is 5.10 Å². The van der Waals surface area contributed by atoms with E-state index in [4.69, 9.17) is 11.6 Å². The molecule has 0 saturated carbocycles. The predicted molar refractivity (Wildman–Crippen MR) is 51.3 cm³/mol. The summed E-state index contributed by atoms with van der Waals surface area (Å²) in [7, 11) is 0. The van der Waals surface area contributed by atoms with Crippen LogP contribution in [0.1, 0.15) is 12.1 Å². The topological polar surface area (TPSA) is 30.7 Å². The number of pyridine rings is 1. The minimum Gasteiger partial charge on any atom is -0.242 e. The van der Waals surface area contributed by atoms with Crippen LogP contribution in [-0.2, 0) is 0 Å². The first-order chi connectivity index (χ1) is 7.20. The van der Waals surface area contributed by atoms with Gasteiger partial charge in [0.1, 0.15) is 11.4 Å². The van der Waals surface area contributed by atoms with Gasteiger partial charge in [0.15, 0.2) is 5.15 Å². The molecule has 0 aliphatic carbocycles. The van der Waals surface area contributed by atoms with Crippen molar-refractivity contribution >= 4 is 11.6 Å². The van der Waals surface area contributed by atoms with Crippen LogP contribution in [0.25, 0.3) is 5.69 Å². The first-order valence-corrected chi connectivity index (χ1v) is 4.51. The largest absolute Gasteiger partial charge is 0.280 e. The molecule has 0 radical (unpaired) electrons. The highest BCUT2D eigenvalue weighted by molar-refractivity contribution is 6.31. The van der Waals surface area contributed by atoms with E-state index in [1.165, 1.54) is 18.5 Å². The zero-order valence-electron chi connectivity index (χ0n) is 7.44. The van der Waals surface area contributed by atoms with Crippen molar-refractivity contribution in [1.82, 2.24) is 14.8 Å². The number of rotatable bonds is 2. The maximum atomic E-state index is 12.6. The van der Waals surface area contributed by atoms with Crippen molar-refractivity contribution in [1.29, 1.82) is 0 Å². The Morgan fingerprint density at radius 3 is 2.73 bits per heavy atom. The molecule has 2 aromatic heterocycles. The molecule has 0 spiro atoms. The lowest BCUT2D eigenvalue weighted by atomic mass is 10.4. The molecule has 0 N–H and O–H groups in total. The number of halogens is 3. The second kappa shape index (κ2) is 3.94. The van der Waals surface area contributed by atoms with Crippen molar-refractivity contribution in [3.05, 3.63) is 41.4 Å². The Bertz CT molecular complexity index is 470. The lowest BCUT2D eigenvalue weighted by Crippen LogP contribution is -2.03. The van der Waals surface area contributed by atoms with Gasteiger partial charge < -0.3 is 0 Å². The Balaban J connectivity index is 2.55. The number of alkyl halides is 2. The standard InChI is InChI=1S/C9H6ClF2N3/c10-8-6(2-1-4-13-8)15-7(9(11)12)3-5-14-15/h1-5,9H. The quantitative estimate of drug-likeness (QED) is 0.742. The molecular weight excluding hydrogens is 224 g/mol. The Hall–Kier alpha value is -1.49. The van der Waals surface area contributed by atoms with Gasteiger partial charge in [-0.1, -0.05) is 11.6 Å². The van der Waals surface area contributed by atoms with Crippen LogP contribution in [0.5, 0.6) is 0 Å². The predicted octanol–water partition coefficient (Wildman–Crippen LogP) is 2.86. The lowest BCUT2D eigenvalue weighted by Gasteiger charge is -2.07. The lowest BCUT2D eigenvalue weighted by molar-refractivity contribution is 0.143. The minimum atomic E-state index is -2.59. The first kappa shape index (κ1) is 10.0. The third-order valence-electron chi connectivity index (χ3n) is 1.86. The third-order valence-corrected chi connectivity index (χ3v) is 2.15. The van der Waals surface area contributed by atoms with E-state index in [1.807, 2.05) is 0 Å². The fourth-order valence-corrected chi connectivity index (χ4v) is 1.42. The van der Waals surface area contributed by atoms with E-state index in [0.29, 0.717) is 5.69 Å². The molecule has 0 aliphatic heterocycles. The van der Waals surface area contributed by atoms with Crippen LogP contribution >= 0.6 is 11.6 Å². The highest BCUT2D eigenvalue weighted by Crippen LogP contribution is 2.24. The summed E-state index contributed by atoms with van der Waals surface area (Å²) in [5.74, 6) is 0. The second-order valence-corrected chi connectivity index (χ2v) is 3.14. The summed E-state index contributed by atoms with van der Waals surface area (Å²) in [5.41, 5.74) is 0.143. The SMILES string of the molecule is FC(F)c1ccnn1-c1cccnc1Cl. The van der Waals surface area contributed by atoms with Crippen LogP contribution < -0.4 is 0 Å². The third kappa shape index (κ3) is 1.83. The number of hydrogen-bond acceptors (Lipinski definition) is 2. The Morgan fingerprint density at radius 2 is 2.07 bits per heavy atom. The molecule has 78 valence electrons. The number of aromatic nitrogens is 3. The maximum absolute atomic E-state index is 12.6. The van der Waals surface area contributed by atoms with Gasteiger partial charge in [0.05, 0.1) is 0 Å². The Kier molecular flexibility index (Phi) is 2.64. The molecule has 2 rings (SSSR count). The smallest absolute Gasteiger partial charge is 0.242 e. The van der Waals surface area contributed by atoms with Crippen molar-refractivity contribution < 1.29 is 8.78 Å². The molecule has 6 heteroatoms. The van der Waals surface area contributed by atoms with Crippen LogP contribution in [0.3, 0.4) is 0 Å². The van der Waals surface area contributed by atoms with Crippen LogP contribution in [0.15, 0.2) is 30.6 Å². The van der Waals surface area contributed by atoms with Crippen molar-refractivity contribution in [3.8, 4) is 5.69 Å². The van der Waals surface area contributed by atoms with E-state index in [0.717, 1.165) is 4.68 Å². The fourth-order valence-electron chi connectivity index (χ4n) is 1.22. The average molecular weight is 230 g/mol. The summed E-state index contributed by atoms with van der Waals surface area (Å²) in [6.07, 6.45) is 0.186. The maximum Gasteiger partial charge on any atom is 0.280 e. The summed E-state index contributed by atoms with van der Waals surface area (Å²) in [6.45, 7) is 0. The molecule has 0 saturated heterocycles. The molecule has 15 heavy (non-hydrogen) atoms. The van der Waals surface area contributed by atoms with E-state index in [9.17, 15) is 8.78 Å². The normalized spacial score (nSPS) is 10.9. The van der Waals surface area contributed by atoms with Gasteiger partial charge >= 0.3 is 0 Å². The molecular formula is C9H6ClF2N3. The van der Waals surface area contributed by atoms with E-state index < -0.39 is 6.43 Å². The van der Waals surface area contributed by atoms with E-state index in [1.54, 1.807) is 12.1 Å². The highest BCUT2D eigenvalue weighted by Gasteiger charge is 2.16. The van der Waals surface area contributed by atoms with E-state index in [2.05, 4.69) is 10.1 Å². The Morgan fingerprint density at radius 1 is 1.27 bits per heavy atom. The van der Waals surface area contributed by atoms with Crippen molar-refractivity contribution in [2.24, 2.45) is 0 Å². The van der Waals surface area contributed by atoms with Gasteiger partial charge in [0, 0.05) is 12.4 Å². The zero-order chi connectivity index (χ0) is 10.8. The average Bonchev–Trinajstić information content (AvgIpc) is 2.67. The molecule has 0 fully saturated rings. The number of nitrogens with zero attached hydrogens (tertiary/aromatic N) is 3. The van der Waals surface area contributed by atoms with Gasteiger partial charge in [-0.25, -0.2) is 18.4 Å². The van der Waals surface area contributed by atoms with Gasteiger partial charge in [0.25, 0.3) is 6.43 Å². The summed E-state index contributed by atoms with van der Waals surface area (Å²) in [4.78, 5) is 3.80. The Labute approximate surface area is 89.3 Å². The van der Waals surface area contributed by atoms with Crippen molar-refractivity contribution in [3.63, 3.8) is 0 Å². The molecule has 3 nitrogen and oxygen atoms in total. The molecule has 0 atom stereocenters. The molecule has 0 amide bonds.